The van der Waals surface area contributed by atoms with Gasteiger partial charge in [-0.15, -0.1) is 11.3 Å². The van der Waals surface area contributed by atoms with Crippen LogP contribution in [0.15, 0.2) is 24.5 Å². The molecule has 0 aliphatic carbocycles. The largest absolute Gasteiger partial charge is 0.369 e. The van der Waals surface area contributed by atoms with Crippen LogP contribution in [0.1, 0.15) is 37.7 Å². The molecular weight excluding hydrogens is 463 g/mol. The van der Waals surface area contributed by atoms with Crippen molar-refractivity contribution in [3.05, 3.63) is 41.7 Å². The van der Waals surface area contributed by atoms with Crippen LogP contribution < -0.4 is 10.2 Å². The number of nitrogens with zero attached hydrogens (tertiary/aromatic N) is 7. The van der Waals surface area contributed by atoms with E-state index in [0.29, 0.717) is 17.8 Å². The SMILES string of the molecule is Cc1c(-c2nc(Nc3ccc(N4CCC(N(C)C)C4)cn3)ncc2F)sc2c1nc(C)n2C(C)C. The van der Waals surface area contributed by atoms with E-state index in [9.17, 15) is 4.39 Å². The van der Waals surface area contributed by atoms with Crippen LogP contribution in [0.3, 0.4) is 0 Å². The monoisotopic (exact) mass is 494 g/mol. The first-order valence-electron chi connectivity index (χ1n) is 11.9. The van der Waals surface area contributed by atoms with E-state index in [1.165, 1.54) is 17.5 Å². The lowest BCUT2D eigenvalue weighted by atomic mass is 10.2. The molecule has 0 bridgehead atoms. The number of imidazole rings is 1. The summed E-state index contributed by atoms with van der Waals surface area (Å²) >= 11 is 1.52. The number of likely N-dealkylation sites (N-methyl/N-ethyl adjacent to an activating group) is 1. The average Bonchev–Trinajstić information content (AvgIpc) is 3.51. The first-order chi connectivity index (χ1) is 16.7. The van der Waals surface area contributed by atoms with Crippen LogP contribution in [-0.2, 0) is 0 Å². The molecule has 0 radical (unpaired) electrons. The number of hydrogen-bond donors (Lipinski definition) is 1. The molecule has 0 saturated carbocycles. The number of halogens is 1. The molecule has 4 aromatic heterocycles. The molecule has 184 valence electrons. The van der Waals surface area contributed by atoms with E-state index in [1.54, 1.807) is 0 Å². The molecule has 0 amide bonds. The number of fused-ring (bicyclic) bond motifs is 1. The van der Waals surface area contributed by atoms with E-state index < -0.39 is 5.82 Å². The van der Waals surface area contributed by atoms with E-state index in [2.05, 4.69) is 62.6 Å². The van der Waals surface area contributed by atoms with Crippen molar-refractivity contribution in [1.82, 2.24) is 29.4 Å². The summed E-state index contributed by atoms with van der Waals surface area (Å²) in [6, 6.07) is 4.78. The van der Waals surface area contributed by atoms with Gasteiger partial charge in [0.25, 0.3) is 0 Å². The normalized spacial score (nSPS) is 16.3. The number of aromatic nitrogens is 5. The molecule has 0 spiro atoms. The number of anilines is 3. The molecule has 1 atom stereocenters. The Labute approximate surface area is 208 Å². The molecule has 0 aromatic carbocycles. The lowest BCUT2D eigenvalue weighted by Crippen LogP contribution is -2.31. The summed E-state index contributed by atoms with van der Waals surface area (Å²) in [4.78, 5) is 24.4. The molecule has 35 heavy (non-hydrogen) atoms. The summed E-state index contributed by atoms with van der Waals surface area (Å²) in [5, 5.41) is 3.13. The lowest BCUT2D eigenvalue weighted by molar-refractivity contribution is 0.315. The molecule has 1 fully saturated rings. The van der Waals surface area contributed by atoms with Gasteiger partial charge in [-0.2, -0.15) is 0 Å². The Kier molecular flexibility index (Phi) is 6.18. The number of pyridine rings is 1. The molecule has 1 unspecified atom stereocenters. The summed E-state index contributed by atoms with van der Waals surface area (Å²) < 4.78 is 17.0. The third kappa shape index (κ3) is 4.36. The highest BCUT2D eigenvalue weighted by Crippen LogP contribution is 2.39. The third-order valence-electron chi connectivity index (χ3n) is 6.66. The first-order valence-corrected chi connectivity index (χ1v) is 12.7. The van der Waals surface area contributed by atoms with Gasteiger partial charge in [0, 0.05) is 25.2 Å². The van der Waals surface area contributed by atoms with E-state index in [0.717, 1.165) is 51.8 Å². The van der Waals surface area contributed by atoms with Gasteiger partial charge >= 0.3 is 0 Å². The van der Waals surface area contributed by atoms with E-state index in [1.807, 2.05) is 32.2 Å². The summed E-state index contributed by atoms with van der Waals surface area (Å²) in [5.41, 5.74) is 3.20. The zero-order valence-electron chi connectivity index (χ0n) is 21.0. The van der Waals surface area contributed by atoms with Crippen molar-refractivity contribution in [3.8, 4) is 10.6 Å². The van der Waals surface area contributed by atoms with Crippen molar-refractivity contribution in [1.29, 1.82) is 0 Å². The third-order valence-corrected chi connectivity index (χ3v) is 7.95. The van der Waals surface area contributed by atoms with Gasteiger partial charge in [-0.25, -0.2) is 24.3 Å². The standard InChI is InChI=1S/C25H31FN8S/c1-14(2)34-16(4)29-21-15(3)23(35-24(21)34)22-19(26)12-28-25(31-22)30-20-8-7-17(11-27-20)33-10-9-18(13-33)32(5)6/h7-8,11-12,14,18H,9-10,13H2,1-6H3,(H,27,28,30,31). The molecule has 5 rings (SSSR count). The van der Waals surface area contributed by atoms with Crippen molar-refractivity contribution in [2.24, 2.45) is 0 Å². The molecule has 5 heterocycles. The van der Waals surface area contributed by atoms with Crippen LogP contribution in [0.4, 0.5) is 21.8 Å². The van der Waals surface area contributed by atoms with E-state index in [4.69, 9.17) is 4.98 Å². The van der Waals surface area contributed by atoms with Crippen molar-refractivity contribution >= 4 is 39.1 Å². The van der Waals surface area contributed by atoms with Gasteiger partial charge in [-0.1, -0.05) is 0 Å². The summed E-state index contributed by atoms with van der Waals surface area (Å²) in [7, 11) is 4.24. The van der Waals surface area contributed by atoms with E-state index in [-0.39, 0.29) is 11.7 Å². The summed E-state index contributed by atoms with van der Waals surface area (Å²) in [5.74, 6) is 1.43. The Morgan fingerprint density at radius 2 is 1.94 bits per heavy atom. The fourth-order valence-electron chi connectivity index (χ4n) is 4.73. The minimum Gasteiger partial charge on any atom is -0.369 e. The second kappa shape index (κ2) is 9.16. The van der Waals surface area contributed by atoms with Crippen LogP contribution in [0.25, 0.3) is 20.9 Å². The molecule has 1 saturated heterocycles. The van der Waals surface area contributed by atoms with Gasteiger partial charge < -0.3 is 19.7 Å². The molecule has 1 aliphatic heterocycles. The minimum atomic E-state index is -0.455. The smallest absolute Gasteiger partial charge is 0.229 e. The van der Waals surface area contributed by atoms with Crippen LogP contribution >= 0.6 is 11.3 Å². The van der Waals surface area contributed by atoms with Gasteiger partial charge in [-0.05, 0) is 65.9 Å². The quantitative estimate of drug-likeness (QED) is 0.396. The minimum absolute atomic E-state index is 0.266. The van der Waals surface area contributed by atoms with Crippen molar-refractivity contribution in [2.75, 3.05) is 37.4 Å². The predicted octanol–water partition coefficient (Wildman–Crippen LogP) is 5.17. The van der Waals surface area contributed by atoms with Crippen molar-refractivity contribution in [3.63, 3.8) is 0 Å². The molecule has 4 aromatic rings. The Morgan fingerprint density at radius 1 is 1.14 bits per heavy atom. The maximum Gasteiger partial charge on any atom is 0.229 e. The maximum absolute atomic E-state index is 14.9. The second-order valence-corrected chi connectivity index (χ2v) is 10.6. The number of thiophene rings is 1. The maximum atomic E-state index is 14.9. The lowest BCUT2D eigenvalue weighted by Gasteiger charge is -2.21. The molecule has 10 heteroatoms. The zero-order chi connectivity index (χ0) is 24.9. The van der Waals surface area contributed by atoms with E-state index >= 15 is 0 Å². The second-order valence-electron chi connectivity index (χ2n) is 9.60. The highest BCUT2D eigenvalue weighted by atomic mass is 32.1. The predicted molar refractivity (Wildman–Crippen MR) is 140 cm³/mol. The van der Waals surface area contributed by atoms with Crippen LogP contribution in [0.5, 0.6) is 0 Å². The van der Waals surface area contributed by atoms with Crippen LogP contribution in [-0.4, -0.2) is 62.6 Å². The van der Waals surface area contributed by atoms with Gasteiger partial charge in [0.1, 0.15) is 27.7 Å². The van der Waals surface area contributed by atoms with Gasteiger partial charge in [0.05, 0.1) is 23.0 Å². The van der Waals surface area contributed by atoms with Crippen molar-refractivity contribution in [2.45, 2.75) is 46.2 Å². The van der Waals surface area contributed by atoms with Crippen LogP contribution in [0.2, 0.25) is 0 Å². The summed E-state index contributed by atoms with van der Waals surface area (Å²) in [6.07, 6.45) is 4.22. The Hall–Kier alpha value is -3.11. The average molecular weight is 495 g/mol. The Balaban J connectivity index is 1.39. The number of hydrogen-bond acceptors (Lipinski definition) is 8. The summed E-state index contributed by atoms with van der Waals surface area (Å²) in [6.45, 7) is 10.2. The van der Waals surface area contributed by atoms with Gasteiger partial charge in [-0.3, -0.25) is 0 Å². The molecule has 8 nitrogen and oxygen atoms in total. The Morgan fingerprint density at radius 3 is 2.60 bits per heavy atom. The zero-order valence-corrected chi connectivity index (χ0v) is 21.8. The van der Waals surface area contributed by atoms with Gasteiger partial charge in [0.15, 0.2) is 5.82 Å². The highest BCUT2D eigenvalue weighted by molar-refractivity contribution is 7.22. The fraction of sp³-hybridized carbons (Fsp3) is 0.440. The molecule has 1 aliphatic rings. The Bertz CT molecular complexity index is 1360. The molecule has 1 N–H and O–H groups in total. The topological polar surface area (TPSA) is 75.0 Å². The van der Waals surface area contributed by atoms with Crippen LogP contribution in [0, 0.1) is 19.7 Å². The number of aryl methyl sites for hydroxylation is 2. The number of rotatable bonds is 6. The van der Waals surface area contributed by atoms with Gasteiger partial charge in [0.2, 0.25) is 5.95 Å². The highest BCUT2D eigenvalue weighted by Gasteiger charge is 2.25. The first kappa shape index (κ1) is 23.6. The molecular formula is C25H31FN8S. The fourth-order valence-corrected chi connectivity index (χ4v) is 6.15. The van der Waals surface area contributed by atoms with Crippen molar-refractivity contribution < 1.29 is 4.39 Å². The number of nitrogens with one attached hydrogen (secondary N) is 1.